The van der Waals surface area contributed by atoms with E-state index < -0.39 is 11.7 Å². The van der Waals surface area contributed by atoms with Crippen molar-refractivity contribution in [2.24, 2.45) is 0 Å². The van der Waals surface area contributed by atoms with Crippen LogP contribution in [0.15, 0.2) is 40.8 Å². The minimum Gasteiger partial charge on any atom is -0.461 e. The van der Waals surface area contributed by atoms with Gasteiger partial charge in [-0.15, -0.1) is 0 Å². The van der Waals surface area contributed by atoms with E-state index in [-0.39, 0.29) is 0 Å². The monoisotopic (exact) mass is 254 g/mol. The molecule has 0 bridgehead atoms. The summed E-state index contributed by atoms with van der Waals surface area (Å²) in [6, 6.07) is 8.68. The molecule has 2 rings (SSSR count). The maximum Gasteiger partial charge on any atom is 0.416 e. The third kappa shape index (κ3) is 2.75. The lowest BCUT2D eigenvalue weighted by molar-refractivity contribution is -0.137. The highest BCUT2D eigenvalue weighted by Gasteiger charge is 2.30. The van der Waals surface area contributed by atoms with Crippen LogP contribution in [0.25, 0.3) is 11.3 Å². The van der Waals surface area contributed by atoms with Crippen LogP contribution in [0.1, 0.15) is 24.7 Å². The molecule has 0 atom stereocenters. The highest BCUT2D eigenvalue weighted by atomic mass is 19.4. The third-order valence-electron chi connectivity index (χ3n) is 2.63. The summed E-state index contributed by atoms with van der Waals surface area (Å²) in [6.45, 7) is 2.02. The van der Waals surface area contributed by atoms with E-state index in [4.69, 9.17) is 4.42 Å². The van der Waals surface area contributed by atoms with E-state index in [1.165, 1.54) is 6.07 Å². The largest absolute Gasteiger partial charge is 0.461 e. The quantitative estimate of drug-likeness (QED) is 0.757. The summed E-state index contributed by atoms with van der Waals surface area (Å²) in [5.41, 5.74) is -0.208. The van der Waals surface area contributed by atoms with Crippen LogP contribution in [0.3, 0.4) is 0 Å². The van der Waals surface area contributed by atoms with Gasteiger partial charge >= 0.3 is 6.18 Å². The van der Waals surface area contributed by atoms with Crippen LogP contribution in [-0.4, -0.2) is 0 Å². The number of furan rings is 1. The van der Waals surface area contributed by atoms with Crippen LogP contribution in [0.4, 0.5) is 13.2 Å². The van der Waals surface area contributed by atoms with Gasteiger partial charge < -0.3 is 4.42 Å². The minimum absolute atomic E-state index is 0.451. The van der Waals surface area contributed by atoms with Gasteiger partial charge in [0.25, 0.3) is 0 Å². The maximum atomic E-state index is 12.6. The van der Waals surface area contributed by atoms with Crippen molar-refractivity contribution in [1.82, 2.24) is 0 Å². The second kappa shape index (κ2) is 4.88. The fourth-order valence-corrected chi connectivity index (χ4v) is 1.76. The maximum absolute atomic E-state index is 12.6. The summed E-state index contributed by atoms with van der Waals surface area (Å²) >= 11 is 0. The molecule has 0 radical (unpaired) electrons. The molecule has 0 aliphatic rings. The van der Waals surface area contributed by atoms with Gasteiger partial charge in [0.1, 0.15) is 11.5 Å². The Morgan fingerprint density at radius 3 is 2.56 bits per heavy atom. The topological polar surface area (TPSA) is 13.1 Å². The Morgan fingerprint density at radius 1 is 1.11 bits per heavy atom. The summed E-state index contributed by atoms with van der Waals surface area (Å²) < 4.78 is 43.2. The third-order valence-corrected chi connectivity index (χ3v) is 2.63. The van der Waals surface area contributed by atoms with E-state index >= 15 is 0 Å². The van der Waals surface area contributed by atoms with Crippen LogP contribution >= 0.6 is 0 Å². The van der Waals surface area contributed by atoms with Crippen LogP contribution in [-0.2, 0) is 12.6 Å². The summed E-state index contributed by atoms with van der Waals surface area (Å²) in [4.78, 5) is 0. The molecular formula is C14H13F3O. The van der Waals surface area contributed by atoms with Crippen molar-refractivity contribution in [3.63, 3.8) is 0 Å². The lowest BCUT2D eigenvalue weighted by atomic mass is 10.1. The van der Waals surface area contributed by atoms with E-state index in [9.17, 15) is 13.2 Å². The molecule has 1 nitrogen and oxygen atoms in total. The molecule has 0 N–H and O–H groups in total. The van der Waals surface area contributed by atoms with Crippen LogP contribution in [0.2, 0.25) is 0 Å². The molecule has 0 saturated heterocycles. The normalized spacial score (nSPS) is 11.8. The Hall–Kier alpha value is -1.71. The first-order valence-electron chi connectivity index (χ1n) is 5.77. The van der Waals surface area contributed by atoms with Crippen LogP contribution in [0.5, 0.6) is 0 Å². The molecule has 1 heterocycles. The van der Waals surface area contributed by atoms with Crippen LogP contribution in [0, 0.1) is 0 Å². The molecule has 1 aromatic heterocycles. The van der Waals surface area contributed by atoms with Crippen molar-refractivity contribution in [2.45, 2.75) is 25.9 Å². The van der Waals surface area contributed by atoms with Crippen molar-refractivity contribution in [1.29, 1.82) is 0 Å². The highest BCUT2D eigenvalue weighted by molar-refractivity contribution is 5.58. The van der Waals surface area contributed by atoms with E-state index in [1.54, 1.807) is 18.2 Å². The van der Waals surface area contributed by atoms with Crippen molar-refractivity contribution >= 4 is 0 Å². The molecule has 4 heteroatoms. The molecule has 0 saturated carbocycles. The predicted molar refractivity (Wildman–Crippen MR) is 63.1 cm³/mol. The second-order valence-electron chi connectivity index (χ2n) is 4.09. The first kappa shape index (κ1) is 12.7. The van der Waals surface area contributed by atoms with Gasteiger partial charge in [-0.2, -0.15) is 13.2 Å². The van der Waals surface area contributed by atoms with Crippen molar-refractivity contribution < 1.29 is 17.6 Å². The first-order chi connectivity index (χ1) is 8.50. The number of alkyl halides is 3. The Kier molecular flexibility index (Phi) is 3.45. The van der Waals surface area contributed by atoms with E-state index in [0.717, 1.165) is 30.7 Å². The summed E-state index contributed by atoms with van der Waals surface area (Å²) in [7, 11) is 0. The first-order valence-corrected chi connectivity index (χ1v) is 5.77. The van der Waals surface area contributed by atoms with Crippen molar-refractivity contribution in [3.8, 4) is 11.3 Å². The second-order valence-corrected chi connectivity index (χ2v) is 4.09. The summed E-state index contributed by atoms with van der Waals surface area (Å²) in [6.07, 6.45) is -2.59. The molecule has 96 valence electrons. The zero-order valence-corrected chi connectivity index (χ0v) is 9.92. The van der Waals surface area contributed by atoms with Gasteiger partial charge in [0, 0.05) is 12.0 Å². The molecule has 0 fully saturated rings. The van der Waals surface area contributed by atoms with Crippen molar-refractivity contribution in [2.75, 3.05) is 0 Å². The number of halogens is 3. The molecule has 0 aliphatic heterocycles. The van der Waals surface area contributed by atoms with Gasteiger partial charge in [-0.05, 0) is 30.7 Å². The molecule has 0 spiro atoms. The molecular weight excluding hydrogens is 241 g/mol. The van der Waals surface area contributed by atoms with E-state index in [2.05, 4.69) is 0 Å². The number of benzene rings is 1. The molecule has 18 heavy (non-hydrogen) atoms. The van der Waals surface area contributed by atoms with Gasteiger partial charge in [0.15, 0.2) is 0 Å². The van der Waals surface area contributed by atoms with Gasteiger partial charge in [-0.1, -0.05) is 19.1 Å². The Balaban J connectivity index is 2.32. The average molecular weight is 254 g/mol. The van der Waals surface area contributed by atoms with Gasteiger partial charge in [-0.25, -0.2) is 0 Å². The highest BCUT2D eigenvalue weighted by Crippen LogP contribution is 2.32. The zero-order chi connectivity index (χ0) is 13.2. The Labute approximate surface area is 103 Å². The molecule has 0 aliphatic carbocycles. The molecule has 0 unspecified atom stereocenters. The van der Waals surface area contributed by atoms with Gasteiger partial charge in [-0.3, -0.25) is 0 Å². The molecule has 1 aromatic carbocycles. The smallest absolute Gasteiger partial charge is 0.416 e. The van der Waals surface area contributed by atoms with E-state index in [0.29, 0.717) is 11.3 Å². The fourth-order valence-electron chi connectivity index (χ4n) is 1.76. The van der Waals surface area contributed by atoms with E-state index in [1.807, 2.05) is 6.92 Å². The Bertz CT molecular complexity index is 526. The number of aryl methyl sites for hydroxylation is 1. The predicted octanol–water partition coefficient (Wildman–Crippen LogP) is 4.92. The van der Waals surface area contributed by atoms with Crippen LogP contribution < -0.4 is 0 Å². The lowest BCUT2D eigenvalue weighted by Gasteiger charge is -2.07. The number of rotatable bonds is 3. The molecule has 0 amide bonds. The van der Waals surface area contributed by atoms with Gasteiger partial charge in [0.05, 0.1) is 5.56 Å². The average Bonchev–Trinajstić information content (AvgIpc) is 2.77. The summed E-state index contributed by atoms with van der Waals surface area (Å²) in [5.74, 6) is 1.27. The summed E-state index contributed by atoms with van der Waals surface area (Å²) in [5, 5.41) is 0. The number of hydrogen-bond acceptors (Lipinski definition) is 1. The SMILES string of the molecule is CCCc1ccc(-c2cccc(C(F)(F)F)c2)o1. The minimum atomic E-state index is -4.32. The van der Waals surface area contributed by atoms with Crippen molar-refractivity contribution in [3.05, 3.63) is 47.7 Å². The lowest BCUT2D eigenvalue weighted by Crippen LogP contribution is -2.04. The number of hydrogen-bond donors (Lipinski definition) is 0. The zero-order valence-electron chi connectivity index (χ0n) is 9.92. The molecule has 2 aromatic rings. The van der Waals surface area contributed by atoms with Gasteiger partial charge in [0.2, 0.25) is 0 Å². The standard InChI is InChI=1S/C14H13F3O/c1-2-4-12-7-8-13(18-12)10-5-3-6-11(9-10)14(15,16)17/h3,5-9H,2,4H2,1H3. The fraction of sp³-hybridized carbons (Fsp3) is 0.286. The Morgan fingerprint density at radius 2 is 1.89 bits per heavy atom.